The zero-order valence-corrected chi connectivity index (χ0v) is 21.0. The average Bonchev–Trinajstić information content (AvgIpc) is 3.43. The molecule has 5 N–H and O–H groups in total. The molecule has 0 aliphatic carbocycles. The van der Waals surface area contributed by atoms with E-state index in [4.69, 9.17) is 15.6 Å². The molecule has 1 atom stereocenters. The number of alkyl halides is 3. The Balaban J connectivity index is 0.000000426. The number of sulfonamides is 1. The molecule has 1 aliphatic rings. The molecule has 3 aromatic heterocycles. The van der Waals surface area contributed by atoms with Crippen molar-refractivity contribution in [2.45, 2.75) is 28.8 Å². The van der Waals surface area contributed by atoms with E-state index in [2.05, 4.69) is 20.0 Å². The van der Waals surface area contributed by atoms with Crippen molar-refractivity contribution in [3.8, 4) is 0 Å². The van der Waals surface area contributed by atoms with Crippen LogP contribution in [0.3, 0.4) is 0 Å². The molecule has 0 unspecified atom stereocenters. The van der Waals surface area contributed by atoms with Crippen LogP contribution in [-0.2, 0) is 26.0 Å². The number of pyridine rings is 2. The van der Waals surface area contributed by atoms with Crippen LogP contribution in [0.25, 0.3) is 21.0 Å². The molecule has 4 heterocycles. The first-order chi connectivity index (χ1) is 17.8. The molecule has 1 fully saturated rings. The number of hydrogen-bond acceptors (Lipinski definition) is 8. The van der Waals surface area contributed by atoms with Gasteiger partial charge in [-0.2, -0.15) is 17.9 Å². The SMILES string of the molecule is Nc1nccc2ccc(C[C@@]3(NS(=O)(=O)c4cc5ncccc5s4)CCNC3=O)cc12.O=C(O)C(F)(F)F. The first-order valence-corrected chi connectivity index (χ1v) is 13.2. The van der Waals surface area contributed by atoms with E-state index in [1.54, 1.807) is 18.5 Å². The quantitative estimate of drug-likeness (QED) is 0.286. The molecular formula is C23H20F3N5O5S2. The molecule has 0 bridgehead atoms. The van der Waals surface area contributed by atoms with Gasteiger partial charge >= 0.3 is 12.1 Å². The molecule has 1 aromatic carbocycles. The van der Waals surface area contributed by atoms with Gasteiger partial charge in [0.25, 0.3) is 10.0 Å². The van der Waals surface area contributed by atoms with E-state index in [-0.39, 0.29) is 16.5 Å². The van der Waals surface area contributed by atoms with Gasteiger partial charge in [0.2, 0.25) is 5.91 Å². The highest BCUT2D eigenvalue weighted by Gasteiger charge is 2.46. The lowest BCUT2D eigenvalue weighted by Gasteiger charge is -2.27. The Bertz CT molecular complexity index is 1610. The smallest absolute Gasteiger partial charge is 0.475 e. The number of rotatable bonds is 5. The first kappa shape index (κ1) is 27.2. The molecule has 1 aliphatic heterocycles. The molecule has 15 heteroatoms. The summed E-state index contributed by atoms with van der Waals surface area (Å²) in [6.07, 6.45) is -1.29. The molecular weight excluding hydrogens is 547 g/mol. The largest absolute Gasteiger partial charge is 0.490 e. The summed E-state index contributed by atoms with van der Waals surface area (Å²) in [5.41, 5.74) is 6.12. The predicted octanol–water partition coefficient (Wildman–Crippen LogP) is 2.84. The number of nitrogens with zero attached hydrogens (tertiary/aromatic N) is 2. The molecule has 38 heavy (non-hydrogen) atoms. The lowest BCUT2D eigenvalue weighted by molar-refractivity contribution is -0.192. The topological polar surface area (TPSA) is 164 Å². The Hall–Kier alpha value is -3.82. The van der Waals surface area contributed by atoms with Gasteiger partial charge in [-0.15, -0.1) is 11.3 Å². The lowest BCUT2D eigenvalue weighted by Crippen LogP contribution is -2.54. The zero-order chi connectivity index (χ0) is 27.7. The molecule has 5 rings (SSSR count). The number of carbonyl (C=O) groups excluding carboxylic acids is 1. The molecule has 200 valence electrons. The van der Waals surface area contributed by atoms with Crippen molar-refractivity contribution in [1.29, 1.82) is 0 Å². The van der Waals surface area contributed by atoms with Crippen LogP contribution in [0.1, 0.15) is 12.0 Å². The fourth-order valence-electron chi connectivity index (χ4n) is 3.96. The maximum Gasteiger partial charge on any atom is 0.490 e. The monoisotopic (exact) mass is 567 g/mol. The van der Waals surface area contributed by atoms with E-state index in [1.165, 1.54) is 6.07 Å². The fourth-order valence-corrected chi connectivity index (χ4v) is 6.69. The van der Waals surface area contributed by atoms with Crippen molar-refractivity contribution in [1.82, 2.24) is 20.0 Å². The van der Waals surface area contributed by atoms with E-state index in [0.717, 1.165) is 32.4 Å². The van der Waals surface area contributed by atoms with E-state index in [9.17, 15) is 26.4 Å². The minimum Gasteiger partial charge on any atom is -0.475 e. The Labute approximate surface area is 217 Å². The van der Waals surface area contributed by atoms with Crippen molar-refractivity contribution in [2.24, 2.45) is 0 Å². The van der Waals surface area contributed by atoms with Crippen molar-refractivity contribution in [3.05, 3.63) is 60.4 Å². The second kappa shape index (κ2) is 10.2. The average molecular weight is 568 g/mol. The molecule has 0 saturated carbocycles. The molecule has 0 spiro atoms. The number of nitrogen functional groups attached to an aromatic ring is 1. The number of nitrogens with two attached hydrogens (primary N) is 1. The fraction of sp³-hybridized carbons (Fsp3) is 0.217. The van der Waals surface area contributed by atoms with Crippen molar-refractivity contribution < 1.29 is 36.3 Å². The van der Waals surface area contributed by atoms with Crippen molar-refractivity contribution >= 4 is 60.0 Å². The Morgan fingerprint density at radius 1 is 1.18 bits per heavy atom. The number of aliphatic carboxylic acids is 1. The van der Waals surface area contributed by atoms with Crippen LogP contribution in [0.5, 0.6) is 0 Å². The molecule has 4 aromatic rings. The van der Waals surface area contributed by atoms with Crippen LogP contribution in [0.15, 0.2) is 59.1 Å². The van der Waals surface area contributed by atoms with Crippen LogP contribution in [0.4, 0.5) is 19.0 Å². The number of nitrogens with one attached hydrogen (secondary N) is 2. The first-order valence-electron chi connectivity index (χ1n) is 10.9. The Morgan fingerprint density at radius 2 is 1.92 bits per heavy atom. The second-order valence-corrected chi connectivity index (χ2v) is 11.4. The highest BCUT2D eigenvalue weighted by molar-refractivity contribution is 7.91. The minimum absolute atomic E-state index is 0.132. The van der Waals surface area contributed by atoms with Crippen LogP contribution in [0, 0.1) is 0 Å². The number of carbonyl (C=O) groups is 2. The number of fused-ring (bicyclic) bond motifs is 2. The summed E-state index contributed by atoms with van der Waals surface area (Å²) in [6.45, 7) is 0.395. The number of hydrogen-bond donors (Lipinski definition) is 4. The summed E-state index contributed by atoms with van der Waals surface area (Å²) >= 11 is 1.13. The van der Waals surface area contributed by atoms with E-state index < -0.39 is 27.7 Å². The number of halogens is 3. The summed E-state index contributed by atoms with van der Waals surface area (Å²) in [6, 6.07) is 12.6. The van der Waals surface area contributed by atoms with Crippen molar-refractivity contribution in [2.75, 3.05) is 12.3 Å². The van der Waals surface area contributed by atoms with Crippen LogP contribution in [0.2, 0.25) is 0 Å². The van der Waals surface area contributed by atoms with E-state index in [1.807, 2.05) is 30.3 Å². The molecule has 1 amide bonds. The summed E-state index contributed by atoms with van der Waals surface area (Å²) in [7, 11) is -3.94. The standard InChI is InChI=1S/C21H19N5O3S2.C2HF3O2/c22-19-15-10-13(3-4-14(15)5-8-24-19)12-21(6-9-25-20(21)27)26-31(28,29)18-11-16-17(30-18)2-1-7-23-16;3-2(4,5)1(6)7/h1-5,7-8,10-11,26H,6,9,12H2,(H2,22,24)(H,25,27);(H,6,7)/t21-;/m0./s1. The summed E-state index contributed by atoms with van der Waals surface area (Å²) in [4.78, 5) is 30.0. The van der Waals surface area contributed by atoms with Gasteiger partial charge in [0.05, 0.1) is 10.2 Å². The number of anilines is 1. The van der Waals surface area contributed by atoms with Crippen molar-refractivity contribution in [3.63, 3.8) is 0 Å². The Kier molecular flexibility index (Phi) is 7.27. The summed E-state index contributed by atoms with van der Waals surface area (Å²) < 4.78 is 61.8. The summed E-state index contributed by atoms with van der Waals surface area (Å²) in [5.74, 6) is -2.70. The molecule has 1 saturated heterocycles. The Morgan fingerprint density at radius 3 is 2.55 bits per heavy atom. The molecule has 10 nitrogen and oxygen atoms in total. The number of carboxylic acid groups (broad SMARTS) is 1. The highest BCUT2D eigenvalue weighted by Crippen LogP contribution is 2.31. The second-order valence-electron chi connectivity index (χ2n) is 8.38. The van der Waals surface area contributed by atoms with Gasteiger partial charge in [0, 0.05) is 30.7 Å². The van der Waals surface area contributed by atoms with Gasteiger partial charge in [-0.1, -0.05) is 12.1 Å². The molecule has 0 radical (unpaired) electrons. The maximum atomic E-state index is 13.2. The third-order valence-electron chi connectivity index (χ3n) is 5.74. The normalized spacial score (nSPS) is 17.7. The van der Waals surface area contributed by atoms with Gasteiger partial charge < -0.3 is 16.2 Å². The third-order valence-corrected chi connectivity index (χ3v) is 8.84. The third kappa shape index (κ3) is 5.69. The number of benzene rings is 1. The van der Waals surface area contributed by atoms with Crippen LogP contribution >= 0.6 is 11.3 Å². The van der Waals surface area contributed by atoms with E-state index >= 15 is 0 Å². The van der Waals surface area contributed by atoms with Gasteiger partial charge in [-0.25, -0.2) is 18.2 Å². The lowest BCUT2D eigenvalue weighted by atomic mass is 9.89. The van der Waals surface area contributed by atoms with E-state index in [0.29, 0.717) is 24.3 Å². The van der Waals surface area contributed by atoms with Gasteiger partial charge in [-0.3, -0.25) is 9.78 Å². The minimum atomic E-state index is -5.08. The zero-order valence-electron chi connectivity index (χ0n) is 19.3. The maximum absolute atomic E-state index is 13.2. The summed E-state index contributed by atoms with van der Waals surface area (Å²) in [5, 5.41) is 11.6. The number of aromatic nitrogens is 2. The van der Waals surface area contributed by atoms with Gasteiger partial charge in [0.1, 0.15) is 15.6 Å². The number of thiophene rings is 1. The van der Waals surface area contributed by atoms with Gasteiger partial charge in [-0.05, 0) is 47.7 Å². The van der Waals surface area contributed by atoms with Crippen LogP contribution < -0.4 is 15.8 Å². The highest BCUT2D eigenvalue weighted by atomic mass is 32.2. The number of carboxylic acids is 1. The number of amides is 1. The van der Waals surface area contributed by atoms with Crippen LogP contribution in [-0.4, -0.2) is 53.6 Å². The predicted molar refractivity (Wildman–Crippen MR) is 134 cm³/mol. The van der Waals surface area contributed by atoms with Gasteiger partial charge in [0.15, 0.2) is 0 Å².